The van der Waals surface area contributed by atoms with E-state index >= 15 is 0 Å². The number of halogens is 1. The highest BCUT2D eigenvalue weighted by molar-refractivity contribution is 7.89. The molecular formula is C27H25ClN2O4S. The number of benzene rings is 3. The maximum absolute atomic E-state index is 13.8. The molecule has 1 aliphatic heterocycles. The second-order valence-corrected chi connectivity index (χ2v) is 10.9. The summed E-state index contributed by atoms with van der Waals surface area (Å²) in [5.74, 6) is -0.769. The lowest BCUT2D eigenvalue weighted by molar-refractivity contribution is -0.113. The van der Waals surface area contributed by atoms with Crippen LogP contribution < -0.4 is 9.62 Å². The molecule has 0 atom stereocenters. The van der Waals surface area contributed by atoms with Gasteiger partial charge in [0.2, 0.25) is 10.0 Å². The largest absolute Gasteiger partial charge is 0.303 e. The Balaban J connectivity index is 1.76. The average molecular weight is 509 g/mol. The van der Waals surface area contributed by atoms with Crippen LogP contribution in [-0.2, 0) is 21.4 Å². The summed E-state index contributed by atoms with van der Waals surface area (Å²) >= 11 is 6.10. The van der Waals surface area contributed by atoms with Crippen LogP contribution in [-0.4, -0.2) is 26.5 Å². The minimum absolute atomic E-state index is 0.0751. The third kappa shape index (κ3) is 5.31. The molecule has 0 saturated carbocycles. The molecule has 35 heavy (non-hydrogen) atoms. The number of nitrogens with zero attached hydrogens (tertiary/aromatic N) is 1. The maximum atomic E-state index is 13.8. The molecule has 8 heteroatoms. The summed E-state index contributed by atoms with van der Waals surface area (Å²) in [5, 5.41) is 0.626. The van der Waals surface area contributed by atoms with Crippen LogP contribution in [0.15, 0.2) is 72.8 Å². The normalized spacial score (nSPS) is 14.8. The first-order valence-corrected chi connectivity index (χ1v) is 13.3. The lowest BCUT2D eigenvalue weighted by Crippen LogP contribution is -2.30. The lowest BCUT2D eigenvalue weighted by Gasteiger charge is -2.19. The van der Waals surface area contributed by atoms with Gasteiger partial charge in [-0.15, -0.1) is 0 Å². The summed E-state index contributed by atoms with van der Waals surface area (Å²) < 4.78 is 24.9. The van der Waals surface area contributed by atoms with Gasteiger partial charge in [0.1, 0.15) is 0 Å². The van der Waals surface area contributed by atoms with Gasteiger partial charge < -0.3 is 4.90 Å². The SMILES string of the molecule is CC(C)/C(=C1/C(=O)N(Cc2cccc(C(=O)NS(C)(=O)=O)c2)c2ccccc21)c1ccc(Cl)cc1. The van der Waals surface area contributed by atoms with Crippen LogP contribution in [0.1, 0.15) is 40.9 Å². The van der Waals surface area contributed by atoms with E-state index in [0.717, 1.165) is 28.6 Å². The van der Waals surface area contributed by atoms with E-state index in [4.69, 9.17) is 11.6 Å². The van der Waals surface area contributed by atoms with E-state index in [1.807, 2.05) is 53.3 Å². The lowest BCUT2D eigenvalue weighted by atomic mass is 9.88. The number of sulfonamides is 1. The van der Waals surface area contributed by atoms with Crippen molar-refractivity contribution >= 4 is 50.3 Å². The molecule has 6 nitrogen and oxygen atoms in total. The Morgan fingerprint density at radius 1 is 0.971 bits per heavy atom. The standard InChI is InChI=1S/C27H25ClN2O4S/c1-17(2)24(19-11-13-21(28)14-12-19)25-22-9-4-5-10-23(22)30(27(25)32)16-18-7-6-8-20(15-18)26(31)29-35(3,33)34/h4-15,17H,16H2,1-3H3,(H,29,31)/b25-24-. The Morgan fingerprint density at radius 3 is 2.31 bits per heavy atom. The van der Waals surface area contributed by atoms with Crippen LogP contribution in [0.4, 0.5) is 5.69 Å². The molecular weight excluding hydrogens is 484 g/mol. The van der Waals surface area contributed by atoms with Crippen LogP contribution in [0.2, 0.25) is 5.02 Å². The molecule has 1 heterocycles. The molecule has 2 amide bonds. The van der Waals surface area contributed by atoms with E-state index in [1.54, 1.807) is 23.1 Å². The first kappa shape index (κ1) is 24.7. The number of amides is 2. The fourth-order valence-electron chi connectivity index (χ4n) is 4.31. The quantitative estimate of drug-likeness (QED) is 0.467. The molecule has 4 rings (SSSR count). The molecule has 0 bridgehead atoms. The van der Waals surface area contributed by atoms with Crippen LogP contribution in [0.25, 0.3) is 11.1 Å². The van der Waals surface area contributed by atoms with Gasteiger partial charge in [-0.1, -0.05) is 67.9 Å². The molecule has 0 unspecified atom stereocenters. The molecule has 0 radical (unpaired) electrons. The van der Waals surface area contributed by atoms with Crippen molar-refractivity contribution in [3.63, 3.8) is 0 Å². The molecule has 0 aliphatic carbocycles. The van der Waals surface area contributed by atoms with Gasteiger partial charge in [0.05, 0.1) is 24.1 Å². The van der Waals surface area contributed by atoms with Crippen molar-refractivity contribution < 1.29 is 18.0 Å². The molecule has 3 aromatic rings. The van der Waals surface area contributed by atoms with Crippen LogP contribution in [0.3, 0.4) is 0 Å². The fraction of sp³-hybridized carbons (Fsp3) is 0.185. The number of carbonyl (C=O) groups is 2. The van der Waals surface area contributed by atoms with Crippen LogP contribution >= 0.6 is 11.6 Å². The number of rotatable bonds is 6. The highest BCUT2D eigenvalue weighted by Crippen LogP contribution is 2.43. The smallest absolute Gasteiger partial charge is 0.264 e. The van der Waals surface area contributed by atoms with Crippen LogP contribution in [0.5, 0.6) is 0 Å². The van der Waals surface area contributed by atoms with Gasteiger partial charge >= 0.3 is 0 Å². The molecule has 0 aromatic heterocycles. The summed E-state index contributed by atoms with van der Waals surface area (Å²) in [6.45, 7) is 4.34. The van der Waals surface area contributed by atoms with Gasteiger partial charge in [0, 0.05) is 16.1 Å². The Bertz CT molecular complexity index is 1440. The van der Waals surface area contributed by atoms with E-state index in [9.17, 15) is 18.0 Å². The molecule has 1 aliphatic rings. The molecule has 0 saturated heterocycles. The minimum Gasteiger partial charge on any atom is -0.303 e. The molecule has 0 fully saturated rings. The molecule has 180 valence electrons. The summed E-state index contributed by atoms with van der Waals surface area (Å²) in [7, 11) is -3.69. The molecule has 0 spiro atoms. The first-order valence-electron chi connectivity index (χ1n) is 11.1. The van der Waals surface area contributed by atoms with Gasteiger partial charge in [0.25, 0.3) is 11.8 Å². The van der Waals surface area contributed by atoms with Gasteiger partial charge in [0.15, 0.2) is 0 Å². The number of anilines is 1. The Labute approximate surface area is 210 Å². The van der Waals surface area contributed by atoms with Gasteiger partial charge in [-0.3, -0.25) is 9.59 Å². The van der Waals surface area contributed by atoms with Crippen LogP contribution in [0, 0.1) is 5.92 Å². The minimum atomic E-state index is -3.69. The van der Waals surface area contributed by atoms with Gasteiger partial charge in [-0.25, -0.2) is 13.1 Å². The van der Waals surface area contributed by atoms with Crippen molar-refractivity contribution in [2.75, 3.05) is 11.2 Å². The number of hydrogen-bond acceptors (Lipinski definition) is 4. The predicted octanol–water partition coefficient (Wildman–Crippen LogP) is 5.14. The van der Waals surface area contributed by atoms with Gasteiger partial charge in [-0.2, -0.15) is 0 Å². The number of para-hydroxylation sites is 1. The summed E-state index contributed by atoms with van der Waals surface area (Å²) in [4.78, 5) is 27.9. The molecule has 1 N–H and O–H groups in total. The summed E-state index contributed by atoms with van der Waals surface area (Å²) in [5.41, 5.74) is 5.05. The van der Waals surface area contributed by atoms with Crippen molar-refractivity contribution in [2.45, 2.75) is 20.4 Å². The summed E-state index contributed by atoms with van der Waals surface area (Å²) in [6.07, 6.45) is 0.926. The zero-order valence-corrected chi connectivity index (χ0v) is 21.2. The molecule has 3 aromatic carbocycles. The van der Waals surface area contributed by atoms with E-state index in [1.165, 1.54) is 6.07 Å². The highest BCUT2D eigenvalue weighted by Gasteiger charge is 2.35. The van der Waals surface area contributed by atoms with Crippen molar-refractivity contribution in [3.05, 3.63) is 100 Å². The Kier molecular flexibility index (Phi) is 6.83. The van der Waals surface area contributed by atoms with Crippen molar-refractivity contribution in [1.29, 1.82) is 0 Å². The fourth-order valence-corrected chi connectivity index (χ4v) is 4.89. The third-order valence-corrected chi connectivity index (χ3v) is 6.54. The summed E-state index contributed by atoms with van der Waals surface area (Å²) in [6, 6.07) is 21.7. The second-order valence-electron chi connectivity index (χ2n) is 8.76. The Morgan fingerprint density at radius 2 is 1.66 bits per heavy atom. The number of carbonyl (C=O) groups excluding carboxylic acids is 2. The van der Waals surface area contributed by atoms with E-state index in [-0.39, 0.29) is 23.9 Å². The highest BCUT2D eigenvalue weighted by atomic mass is 35.5. The zero-order chi connectivity index (χ0) is 25.3. The van der Waals surface area contributed by atoms with E-state index in [2.05, 4.69) is 13.8 Å². The zero-order valence-electron chi connectivity index (χ0n) is 19.6. The monoisotopic (exact) mass is 508 g/mol. The first-order chi connectivity index (χ1) is 16.5. The van der Waals surface area contributed by atoms with E-state index < -0.39 is 15.9 Å². The average Bonchev–Trinajstić information content (AvgIpc) is 3.06. The predicted molar refractivity (Wildman–Crippen MR) is 139 cm³/mol. The maximum Gasteiger partial charge on any atom is 0.264 e. The van der Waals surface area contributed by atoms with Crippen molar-refractivity contribution in [3.8, 4) is 0 Å². The van der Waals surface area contributed by atoms with E-state index in [0.29, 0.717) is 16.2 Å². The third-order valence-electron chi connectivity index (χ3n) is 5.73. The van der Waals surface area contributed by atoms with Gasteiger partial charge in [-0.05, 0) is 52.9 Å². The Hall–Kier alpha value is -3.42. The number of hydrogen-bond donors (Lipinski definition) is 1. The van der Waals surface area contributed by atoms with Crippen molar-refractivity contribution in [2.24, 2.45) is 5.92 Å². The second kappa shape index (κ2) is 9.68. The topological polar surface area (TPSA) is 83.6 Å². The number of allylic oxidation sites excluding steroid dienone is 1. The van der Waals surface area contributed by atoms with Crippen molar-refractivity contribution in [1.82, 2.24) is 4.72 Å². The number of fused-ring (bicyclic) bond motifs is 1. The number of nitrogens with one attached hydrogen (secondary N) is 1.